The molecule has 90 valence electrons. The van der Waals surface area contributed by atoms with Gasteiger partial charge in [-0.3, -0.25) is 0 Å². The maximum Gasteiger partial charge on any atom is 0.0623 e. The SMILES string of the molecule is CNC1COCC1CNCc1cc(Br)cs1. The molecule has 3 nitrogen and oxygen atoms in total. The van der Waals surface area contributed by atoms with Gasteiger partial charge in [0.15, 0.2) is 0 Å². The molecule has 1 fully saturated rings. The lowest BCUT2D eigenvalue weighted by atomic mass is 10.0. The molecule has 2 rings (SSSR count). The third kappa shape index (κ3) is 3.28. The van der Waals surface area contributed by atoms with Gasteiger partial charge in [0.1, 0.15) is 0 Å². The lowest BCUT2D eigenvalue weighted by molar-refractivity contribution is 0.182. The molecule has 2 N–H and O–H groups in total. The van der Waals surface area contributed by atoms with E-state index in [2.05, 4.69) is 38.0 Å². The van der Waals surface area contributed by atoms with Gasteiger partial charge in [-0.15, -0.1) is 11.3 Å². The fourth-order valence-electron chi connectivity index (χ4n) is 1.95. The van der Waals surface area contributed by atoms with E-state index in [1.807, 2.05) is 7.05 Å². The Hall–Kier alpha value is 0.0600. The number of rotatable bonds is 5. The minimum Gasteiger partial charge on any atom is -0.379 e. The highest BCUT2D eigenvalue weighted by atomic mass is 79.9. The third-order valence-corrected chi connectivity index (χ3v) is 4.59. The van der Waals surface area contributed by atoms with Gasteiger partial charge in [-0.2, -0.15) is 0 Å². The zero-order valence-corrected chi connectivity index (χ0v) is 11.7. The van der Waals surface area contributed by atoms with Crippen LogP contribution in [0.4, 0.5) is 0 Å². The number of halogens is 1. The molecule has 0 aliphatic carbocycles. The quantitative estimate of drug-likeness (QED) is 0.871. The van der Waals surface area contributed by atoms with Crippen LogP contribution in [0.1, 0.15) is 4.88 Å². The van der Waals surface area contributed by atoms with Crippen molar-refractivity contribution in [3.05, 3.63) is 20.8 Å². The van der Waals surface area contributed by atoms with Crippen molar-refractivity contribution in [3.63, 3.8) is 0 Å². The molecule has 1 aromatic heterocycles. The fraction of sp³-hybridized carbons (Fsp3) is 0.636. The summed E-state index contributed by atoms with van der Waals surface area (Å²) in [6.45, 7) is 3.67. The summed E-state index contributed by atoms with van der Waals surface area (Å²) >= 11 is 5.25. The Labute approximate surface area is 109 Å². The van der Waals surface area contributed by atoms with Gasteiger partial charge >= 0.3 is 0 Å². The molecule has 2 unspecified atom stereocenters. The number of nitrogens with one attached hydrogen (secondary N) is 2. The molecule has 2 atom stereocenters. The Bertz CT molecular complexity index is 332. The maximum atomic E-state index is 5.46. The molecule has 0 bridgehead atoms. The molecule has 0 spiro atoms. The minimum atomic E-state index is 0.502. The smallest absolute Gasteiger partial charge is 0.0623 e. The first kappa shape index (κ1) is 12.5. The summed E-state index contributed by atoms with van der Waals surface area (Å²) in [5.74, 6) is 0.591. The summed E-state index contributed by atoms with van der Waals surface area (Å²) in [5, 5.41) is 8.90. The molecular formula is C11H17BrN2OS. The summed E-state index contributed by atoms with van der Waals surface area (Å²) in [5.41, 5.74) is 0. The summed E-state index contributed by atoms with van der Waals surface area (Å²) < 4.78 is 6.63. The van der Waals surface area contributed by atoms with E-state index in [1.165, 1.54) is 9.35 Å². The van der Waals surface area contributed by atoms with Crippen molar-refractivity contribution in [1.29, 1.82) is 0 Å². The molecule has 0 saturated carbocycles. The van der Waals surface area contributed by atoms with E-state index >= 15 is 0 Å². The molecule has 1 aliphatic rings. The Morgan fingerprint density at radius 2 is 2.44 bits per heavy atom. The van der Waals surface area contributed by atoms with Gasteiger partial charge in [0.2, 0.25) is 0 Å². The predicted octanol–water partition coefficient (Wildman–Crippen LogP) is 1.83. The average molecular weight is 305 g/mol. The number of ether oxygens (including phenoxy) is 1. The molecule has 1 aromatic rings. The lowest BCUT2D eigenvalue weighted by Gasteiger charge is -2.16. The maximum absolute atomic E-state index is 5.46. The standard InChI is InChI=1S/C11H17BrN2OS/c1-13-11-6-15-5-8(11)3-14-4-10-2-9(12)7-16-10/h2,7-8,11,13-14H,3-6H2,1H3. The first-order valence-corrected chi connectivity index (χ1v) is 7.15. The summed E-state index contributed by atoms with van der Waals surface area (Å²) in [6.07, 6.45) is 0. The van der Waals surface area contributed by atoms with E-state index < -0.39 is 0 Å². The van der Waals surface area contributed by atoms with Gasteiger partial charge in [0.25, 0.3) is 0 Å². The third-order valence-electron chi connectivity index (χ3n) is 2.90. The van der Waals surface area contributed by atoms with Crippen LogP contribution in [0.15, 0.2) is 15.9 Å². The van der Waals surface area contributed by atoms with Crippen LogP contribution in [0.25, 0.3) is 0 Å². The summed E-state index contributed by atoms with van der Waals surface area (Å²) in [4.78, 5) is 1.37. The highest BCUT2D eigenvalue weighted by molar-refractivity contribution is 9.10. The average Bonchev–Trinajstić information content (AvgIpc) is 2.87. The van der Waals surface area contributed by atoms with Gasteiger partial charge in [-0.1, -0.05) is 0 Å². The molecule has 2 heterocycles. The van der Waals surface area contributed by atoms with Crippen LogP contribution in [-0.2, 0) is 11.3 Å². The van der Waals surface area contributed by atoms with Gasteiger partial charge in [-0.25, -0.2) is 0 Å². The lowest BCUT2D eigenvalue weighted by Crippen LogP contribution is -2.38. The fourth-order valence-corrected chi connectivity index (χ4v) is 3.37. The minimum absolute atomic E-state index is 0.502. The molecule has 0 radical (unpaired) electrons. The zero-order valence-electron chi connectivity index (χ0n) is 9.33. The van der Waals surface area contributed by atoms with Crippen LogP contribution < -0.4 is 10.6 Å². The first-order chi connectivity index (χ1) is 7.79. The monoisotopic (exact) mass is 304 g/mol. The second kappa shape index (κ2) is 6.12. The van der Waals surface area contributed by atoms with E-state index in [-0.39, 0.29) is 0 Å². The van der Waals surface area contributed by atoms with Crippen molar-refractivity contribution in [3.8, 4) is 0 Å². The second-order valence-electron chi connectivity index (χ2n) is 4.05. The van der Waals surface area contributed by atoms with E-state index in [0.29, 0.717) is 12.0 Å². The first-order valence-electron chi connectivity index (χ1n) is 5.48. The van der Waals surface area contributed by atoms with Gasteiger partial charge < -0.3 is 15.4 Å². The predicted molar refractivity (Wildman–Crippen MR) is 70.9 cm³/mol. The van der Waals surface area contributed by atoms with E-state index in [1.54, 1.807) is 11.3 Å². The van der Waals surface area contributed by atoms with Crippen LogP contribution in [0.2, 0.25) is 0 Å². The molecule has 1 saturated heterocycles. The van der Waals surface area contributed by atoms with Gasteiger partial charge in [-0.05, 0) is 29.0 Å². The summed E-state index contributed by atoms with van der Waals surface area (Å²) in [7, 11) is 2.00. The van der Waals surface area contributed by atoms with Crippen molar-refractivity contribution in [2.24, 2.45) is 5.92 Å². The van der Waals surface area contributed by atoms with E-state index in [0.717, 1.165) is 26.3 Å². The number of hydrogen-bond donors (Lipinski definition) is 2. The zero-order chi connectivity index (χ0) is 11.4. The van der Waals surface area contributed by atoms with Crippen LogP contribution >= 0.6 is 27.3 Å². The number of hydrogen-bond acceptors (Lipinski definition) is 4. The number of likely N-dealkylation sites (N-methyl/N-ethyl adjacent to an activating group) is 1. The van der Waals surface area contributed by atoms with Gasteiger partial charge in [0.05, 0.1) is 13.2 Å². The molecule has 0 aromatic carbocycles. The Balaban J connectivity index is 1.71. The summed E-state index contributed by atoms with van der Waals surface area (Å²) in [6, 6.07) is 2.67. The van der Waals surface area contributed by atoms with Crippen molar-refractivity contribution in [2.75, 3.05) is 26.8 Å². The number of thiophene rings is 1. The largest absolute Gasteiger partial charge is 0.379 e. The van der Waals surface area contributed by atoms with E-state index in [9.17, 15) is 0 Å². The van der Waals surface area contributed by atoms with Crippen molar-refractivity contribution >= 4 is 27.3 Å². The molecule has 0 amide bonds. The Morgan fingerprint density at radius 3 is 3.12 bits per heavy atom. The van der Waals surface area contributed by atoms with Crippen LogP contribution in [-0.4, -0.2) is 32.8 Å². The molecule has 5 heteroatoms. The molecule has 1 aliphatic heterocycles. The second-order valence-corrected chi connectivity index (χ2v) is 5.97. The molecular weight excluding hydrogens is 288 g/mol. The van der Waals surface area contributed by atoms with Crippen molar-refractivity contribution in [1.82, 2.24) is 10.6 Å². The Kier molecular flexibility index (Phi) is 4.79. The highest BCUT2D eigenvalue weighted by Gasteiger charge is 2.26. The van der Waals surface area contributed by atoms with E-state index in [4.69, 9.17) is 4.74 Å². The van der Waals surface area contributed by atoms with Gasteiger partial charge in [0, 0.05) is 39.8 Å². The van der Waals surface area contributed by atoms with Crippen molar-refractivity contribution in [2.45, 2.75) is 12.6 Å². The van der Waals surface area contributed by atoms with Crippen LogP contribution in [0.5, 0.6) is 0 Å². The van der Waals surface area contributed by atoms with Crippen LogP contribution in [0.3, 0.4) is 0 Å². The highest BCUT2D eigenvalue weighted by Crippen LogP contribution is 2.19. The Morgan fingerprint density at radius 1 is 1.56 bits per heavy atom. The van der Waals surface area contributed by atoms with Crippen molar-refractivity contribution < 1.29 is 4.74 Å². The molecule has 16 heavy (non-hydrogen) atoms. The normalized spacial score (nSPS) is 25.1. The van der Waals surface area contributed by atoms with Crippen LogP contribution in [0, 0.1) is 5.92 Å². The topological polar surface area (TPSA) is 33.3 Å².